The third-order valence-corrected chi connectivity index (χ3v) is 5.17. The third kappa shape index (κ3) is 2.72. The van der Waals surface area contributed by atoms with Crippen molar-refractivity contribution in [1.29, 1.82) is 0 Å². The van der Waals surface area contributed by atoms with Gasteiger partial charge in [0.25, 0.3) is 0 Å². The number of halogens is 1. The molecule has 0 fully saturated rings. The smallest absolute Gasteiger partial charge is 0.166 e. The fourth-order valence-corrected chi connectivity index (χ4v) is 3.77. The van der Waals surface area contributed by atoms with Crippen LogP contribution in [-0.4, -0.2) is 20.4 Å². The predicted molar refractivity (Wildman–Crippen MR) is 100 cm³/mol. The molecule has 5 rings (SSSR count). The monoisotopic (exact) mass is 357 g/mol. The van der Waals surface area contributed by atoms with Crippen LogP contribution in [0.5, 0.6) is 0 Å². The lowest BCUT2D eigenvalue weighted by molar-refractivity contribution is 0.0962. The van der Waals surface area contributed by atoms with Crippen LogP contribution in [0.1, 0.15) is 34.0 Å². The topological polar surface area (TPSA) is 47.3 Å². The number of fused-ring (bicyclic) bond motifs is 2. The second-order valence-electron chi connectivity index (χ2n) is 6.87. The van der Waals surface area contributed by atoms with E-state index in [9.17, 15) is 9.18 Å². The molecule has 0 saturated heterocycles. The number of carbonyl (C=O) groups excluding carboxylic acids is 1. The summed E-state index contributed by atoms with van der Waals surface area (Å²) in [4.78, 5) is 17.5. The second kappa shape index (κ2) is 6.13. The highest BCUT2D eigenvalue weighted by atomic mass is 19.1. The van der Waals surface area contributed by atoms with Gasteiger partial charge in [-0.1, -0.05) is 42.5 Å². The van der Waals surface area contributed by atoms with Crippen LogP contribution in [0.15, 0.2) is 67.0 Å². The average Bonchev–Trinajstić information content (AvgIpc) is 3.11. The molecule has 1 atom stereocenters. The van der Waals surface area contributed by atoms with Gasteiger partial charge in [0.15, 0.2) is 11.4 Å². The van der Waals surface area contributed by atoms with Gasteiger partial charge in [-0.05, 0) is 35.6 Å². The number of aromatic nitrogens is 3. The number of nitrogens with zero attached hydrogens (tertiary/aromatic N) is 3. The maximum absolute atomic E-state index is 13.2. The first-order valence-electron chi connectivity index (χ1n) is 8.90. The van der Waals surface area contributed by atoms with Crippen LogP contribution in [0.2, 0.25) is 0 Å². The Morgan fingerprint density at radius 1 is 0.963 bits per heavy atom. The van der Waals surface area contributed by atoms with Crippen LogP contribution in [0, 0.1) is 5.82 Å². The zero-order valence-corrected chi connectivity index (χ0v) is 14.5. The number of Topliss-reactive ketones (excluding diaryl/α,β-unsaturated/α-hetero) is 1. The first-order chi connectivity index (χ1) is 13.2. The van der Waals surface area contributed by atoms with Crippen LogP contribution in [0.25, 0.3) is 16.8 Å². The van der Waals surface area contributed by atoms with E-state index in [0.29, 0.717) is 18.4 Å². The number of benzene rings is 2. The van der Waals surface area contributed by atoms with Gasteiger partial charge in [0.1, 0.15) is 5.82 Å². The zero-order valence-electron chi connectivity index (χ0n) is 14.5. The highest BCUT2D eigenvalue weighted by Gasteiger charge is 2.28. The van der Waals surface area contributed by atoms with Crippen molar-refractivity contribution in [2.75, 3.05) is 0 Å². The normalized spacial score (nSPS) is 16.5. The highest BCUT2D eigenvalue weighted by molar-refractivity contribution is 5.99. The van der Waals surface area contributed by atoms with E-state index in [1.807, 2.05) is 30.3 Å². The van der Waals surface area contributed by atoms with E-state index in [2.05, 4.69) is 5.10 Å². The minimum absolute atomic E-state index is 0.0173. The summed E-state index contributed by atoms with van der Waals surface area (Å²) in [6, 6.07) is 16.4. The van der Waals surface area contributed by atoms with E-state index < -0.39 is 0 Å². The van der Waals surface area contributed by atoms with E-state index in [-0.39, 0.29) is 17.5 Å². The highest BCUT2D eigenvalue weighted by Crippen LogP contribution is 2.33. The molecule has 132 valence electrons. The van der Waals surface area contributed by atoms with Gasteiger partial charge in [0, 0.05) is 18.2 Å². The van der Waals surface area contributed by atoms with Crippen molar-refractivity contribution in [3.8, 4) is 11.1 Å². The predicted octanol–water partition coefficient (Wildman–Crippen LogP) is 4.45. The molecule has 0 N–H and O–H groups in total. The molecule has 2 heterocycles. The largest absolute Gasteiger partial charge is 0.294 e. The molecule has 2 aromatic heterocycles. The van der Waals surface area contributed by atoms with Gasteiger partial charge < -0.3 is 0 Å². The Morgan fingerprint density at radius 3 is 2.52 bits per heavy atom. The van der Waals surface area contributed by atoms with Crippen molar-refractivity contribution in [2.24, 2.45) is 0 Å². The first-order valence-corrected chi connectivity index (χ1v) is 8.90. The summed E-state index contributed by atoms with van der Waals surface area (Å²) in [6.07, 6.45) is 4.62. The number of ketones is 1. The molecule has 5 heteroatoms. The molecular weight excluding hydrogens is 341 g/mol. The fourth-order valence-electron chi connectivity index (χ4n) is 3.77. The van der Waals surface area contributed by atoms with E-state index in [1.54, 1.807) is 29.0 Å². The minimum atomic E-state index is -0.270. The van der Waals surface area contributed by atoms with E-state index >= 15 is 0 Å². The molecule has 27 heavy (non-hydrogen) atoms. The summed E-state index contributed by atoms with van der Waals surface area (Å²) in [5.74, 6) is -0.201. The summed E-state index contributed by atoms with van der Waals surface area (Å²) >= 11 is 0. The maximum Gasteiger partial charge on any atom is 0.166 e. The maximum atomic E-state index is 13.2. The molecule has 0 bridgehead atoms. The molecular formula is C22H16FN3O. The molecule has 0 amide bonds. The molecule has 2 aromatic carbocycles. The zero-order chi connectivity index (χ0) is 18.4. The quantitative estimate of drug-likeness (QED) is 0.533. The number of carbonyl (C=O) groups is 1. The molecule has 1 aliphatic rings. The van der Waals surface area contributed by atoms with Crippen molar-refractivity contribution < 1.29 is 9.18 Å². The SMILES string of the molecule is O=C1CC(c2ccc(F)cc2)Cc2nc3c(-c4ccccc4)cnn3cc21. The van der Waals surface area contributed by atoms with Crippen LogP contribution in [0.3, 0.4) is 0 Å². The van der Waals surface area contributed by atoms with Gasteiger partial charge in [-0.25, -0.2) is 13.9 Å². The number of hydrogen-bond donors (Lipinski definition) is 0. The summed E-state index contributed by atoms with van der Waals surface area (Å²) < 4.78 is 14.9. The lowest BCUT2D eigenvalue weighted by atomic mass is 9.82. The van der Waals surface area contributed by atoms with Gasteiger partial charge in [-0.3, -0.25) is 4.79 Å². The van der Waals surface area contributed by atoms with Crippen molar-refractivity contribution in [3.63, 3.8) is 0 Å². The number of hydrogen-bond acceptors (Lipinski definition) is 3. The van der Waals surface area contributed by atoms with Crippen LogP contribution < -0.4 is 0 Å². The van der Waals surface area contributed by atoms with Crippen LogP contribution in [-0.2, 0) is 6.42 Å². The summed E-state index contributed by atoms with van der Waals surface area (Å²) in [5, 5.41) is 4.38. The second-order valence-corrected chi connectivity index (χ2v) is 6.87. The van der Waals surface area contributed by atoms with Gasteiger partial charge in [-0.2, -0.15) is 5.10 Å². The first kappa shape index (κ1) is 15.9. The standard InChI is InChI=1S/C22H16FN3O/c23-17-8-6-14(7-9-17)16-10-20-19(21(27)11-16)13-26-22(25-20)18(12-24-26)15-4-2-1-3-5-15/h1-9,12-13,16H,10-11H2. The van der Waals surface area contributed by atoms with Crippen molar-refractivity contribution >= 4 is 11.4 Å². The molecule has 1 unspecified atom stereocenters. The van der Waals surface area contributed by atoms with Gasteiger partial charge in [0.2, 0.25) is 0 Å². The Labute approximate surface area is 155 Å². The molecule has 0 spiro atoms. The van der Waals surface area contributed by atoms with Gasteiger partial charge >= 0.3 is 0 Å². The summed E-state index contributed by atoms with van der Waals surface area (Å²) in [7, 11) is 0. The number of rotatable bonds is 2. The Bertz CT molecular complexity index is 1150. The molecule has 1 aliphatic carbocycles. The van der Waals surface area contributed by atoms with Gasteiger partial charge in [-0.15, -0.1) is 0 Å². The lowest BCUT2D eigenvalue weighted by Gasteiger charge is -2.23. The Balaban J connectivity index is 1.59. The molecule has 4 aromatic rings. The summed E-state index contributed by atoms with van der Waals surface area (Å²) in [5.41, 5.74) is 5.10. The van der Waals surface area contributed by atoms with Crippen LogP contribution in [0.4, 0.5) is 4.39 Å². The van der Waals surface area contributed by atoms with Crippen molar-refractivity contribution in [3.05, 3.63) is 89.6 Å². The van der Waals surface area contributed by atoms with Crippen molar-refractivity contribution in [1.82, 2.24) is 14.6 Å². The molecule has 0 aliphatic heterocycles. The summed E-state index contributed by atoms with van der Waals surface area (Å²) in [6.45, 7) is 0. The Kier molecular flexibility index (Phi) is 3.60. The minimum Gasteiger partial charge on any atom is -0.294 e. The lowest BCUT2D eigenvalue weighted by Crippen LogP contribution is -2.21. The Hall–Kier alpha value is -3.34. The molecule has 0 saturated carbocycles. The average molecular weight is 357 g/mol. The van der Waals surface area contributed by atoms with E-state index in [4.69, 9.17) is 4.98 Å². The van der Waals surface area contributed by atoms with Crippen molar-refractivity contribution in [2.45, 2.75) is 18.8 Å². The van der Waals surface area contributed by atoms with E-state index in [1.165, 1.54) is 12.1 Å². The fraction of sp³-hybridized carbons (Fsp3) is 0.136. The molecule has 4 nitrogen and oxygen atoms in total. The molecule has 0 radical (unpaired) electrons. The van der Waals surface area contributed by atoms with Crippen LogP contribution >= 0.6 is 0 Å². The van der Waals surface area contributed by atoms with E-state index in [0.717, 1.165) is 28.0 Å². The third-order valence-electron chi connectivity index (χ3n) is 5.17. The van der Waals surface area contributed by atoms with Gasteiger partial charge in [0.05, 0.1) is 17.5 Å². The Morgan fingerprint density at radius 2 is 1.74 bits per heavy atom.